The number of unbranched alkanes of at least 4 members (excludes halogenated alkanes) is 1. The monoisotopic (exact) mass is 399 g/mol. The number of aryl methyl sites for hydroxylation is 1. The molecule has 3 rings (SSSR count). The van der Waals surface area contributed by atoms with E-state index in [0.29, 0.717) is 12.1 Å². The predicted octanol–water partition coefficient (Wildman–Crippen LogP) is 3.47. The first-order valence-electron chi connectivity index (χ1n) is 10.2. The summed E-state index contributed by atoms with van der Waals surface area (Å²) in [7, 11) is 1.40. The summed E-state index contributed by atoms with van der Waals surface area (Å²) in [5.74, 6) is -0.632. The van der Waals surface area contributed by atoms with Crippen molar-refractivity contribution < 1.29 is 13.9 Å². The van der Waals surface area contributed by atoms with Gasteiger partial charge in [0, 0.05) is 44.0 Å². The number of piperazine rings is 1. The lowest BCUT2D eigenvalue weighted by Gasteiger charge is -2.36. The lowest BCUT2D eigenvalue weighted by Crippen LogP contribution is -2.46. The molecule has 0 bridgehead atoms. The Hall–Kier alpha value is -2.60. The van der Waals surface area contributed by atoms with Gasteiger partial charge in [0.05, 0.1) is 7.11 Å². The smallest absolute Gasteiger partial charge is 0.251 e. The minimum Gasteiger partial charge on any atom is -0.494 e. The topological polar surface area (TPSA) is 44.8 Å². The van der Waals surface area contributed by atoms with Crippen molar-refractivity contribution in [3.8, 4) is 5.75 Å². The lowest BCUT2D eigenvalue weighted by atomic mass is 10.2. The molecule has 29 heavy (non-hydrogen) atoms. The molecule has 2 aromatic rings. The fourth-order valence-corrected chi connectivity index (χ4v) is 3.63. The number of ether oxygens (including phenoxy) is 1. The van der Waals surface area contributed by atoms with Crippen molar-refractivity contribution in [1.82, 2.24) is 10.2 Å². The molecule has 1 heterocycles. The maximum absolute atomic E-state index is 13.7. The standard InChI is InChI=1S/C23H30FN3O2/c1-18-6-5-7-20(16-18)27-14-12-26(13-15-27)11-4-3-10-25-23(28)19-8-9-22(29-2)21(24)17-19/h5-9,16-17H,3-4,10-15H2,1-2H3,(H,25,28). The van der Waals surface area contributed by atoms with E-state index in [1.807, 2.05) is 0 Å². The van der Waals surface area contributed by atoms with E-state index in [1.165, 1.54) is 30.5 Å². The number of carbonyl (C=O) groups excluding carboxylic acids is 1. The quantitative estimate of drug-likeness (QED) is 0.691. The van der Waals surface area contributed by atoms with Crippen LogP contribution in [0.2, 0.25) is 0 Å². The van der Waals surface area contributed by atoms with Crippen LogP contribution in [0.1, 0.15) is 28.8 Å². The fourth-order valence-electron chi connectivity index (χ4n) is 3.63. The maximum Gasteiger partial charge on any atom is 0.251 e. The summed E-state index contributed by atoms with van der Waals surface area (Å²) in [5.41, 5.74) is 2.92. The number of benzene rings is 2. The van der Waals surface area contributed by atoms with Gasteiger partial charge in [0.2, 0.25) is 0 Å². The van der Waals surface area contributed by atoms with Gasteiger partial charge in [0.25, 0.3) is 5.91 Å². The molecule has 0 radical (unpaired) electrons. The number of carbonyl (C=O) groups is 1. The third-order valence-corrected chi connectivity index (χ3v) is 5.34. The molecular weight excluding hydrogens is 369 g/mol. The number of amides is 1. The third-order valence-electron chi connectivity index (χ3n) is 5.34. The molecule has 0 aliphatic carbocycles. The number of hydrogen-bond donors (Lipinski definition) is 1. The van der Waals surface area contributed by atoms with E-state index in [9.17, 15) is 9.18 Å². The highest BCUT2D eigenvalue weighted by Crippen LogP contribution is 2.18. The van der Waals surface area contributed by atoms with E-state index in [2.05, 4.69) is 46.3 Å². The maximum atomic E-state index is 13.7. The van der Waals surface area contributed by atoms with Gasteiger partial charge in [-0.15, -0.1) is 0 Å². The van der Waals surface area contributed by atoms with Crippen LogP contribution in [0.4, 0.5) is 10.1 Å². The van der Waals surface area contributed by atoms with Crippen LogP contribution >= 0.6 is 0 Å². The van der Waals surface area contributed by atoms with Gasteiger partial charge in [-0.1, -0.05) is 12.1 Å². The number of anilines is 1. The van der Waals surface area contributed by atoms with Gasteiger partial charge < -0.3 is 15.0 Å². The molecule has 1 fully saturated rings. The van der Waals surface area contributed by atoms with Crippen molar-refractivity contribution in [1.29, 1.82) is 0 Å². The minimum atomic E-state index is -0.523. The molecule has 0 unspecified atom stereocenters. The largest absolute Gasteiger partial charge is 0.494 e. The van der Waals surface area contributed by atoms with Crippen LogP contribution in [0.5, 0.6) is 5.75 Å². The minimum absolute atomic E-state index is 0.143. The Balaban J connectivity index is 1.32. The van der Waals surface area contributed by atoms with Crippen molar-refractivity contribution in [2.24, 2.45) is 0 Å². The lowest BCUT2D eigenvalue weighted by molar-refractivity contribution is 0.0952. The summed E-state index contributed by atoms with van der Waals surface area (Å²) in [6.07, 6.45) is 1.93. The zero-order chi connectivity index (χ0) is 20.6. The second-order valence-electron chi connectivity index (χ2n) is 7.48. The summed E-state index contributed by atoms with van der Waals surface area (Å²) in [5, 5.41) is 2.86. The van der Waals surface area contributed by atoms with Crippen molar-refractivity contribution >= 4 is 11.6 Å². The van der Waals surface area contributed by atoms with Gasteiger partial charge in [-0.05, 0) is 62.2 Å². The number of nitrogens with zero attached hydrogens (tertiary/aromatic N) is 2. The molecule has 0 spiro atoms. The van der Waals surface area contributed by atoms with Crippen LogP contribution in [0.25, 0.3) is 0 Å². The summed E-state index contributed by atoms with van der Waals surface area (Å²) < 4.78 is 18.6. The van der Waals surface area contributed by atoms with E-state index in [-0.39, 0.29) is 11.7 Å². The molecule has 1 amide bonds. The molecule has 6 heteroatoms. The van der Waals surface area contributed by atoms with Gasteiger partial charge in [-0.2, -0.15) is 0 Å². The molecule has 1 aliphatic rings. The molecule has 5 nitrogen and oxygen atoms in total. The van der Waals surface area contributed by atoms with Gasteiger partial charge in [-0.25, -0.2) is 4.39 Å². The van der Waals surface area contributed by atoms with Gasteiger partial charge in [0.15, 0.2) is 11.6 Å². The van der Waals surface area contributed by atoms with Crippen molar-refractivity contribution in [3.63, 3.8) is 0 Å². The number of hydrogen-bond acceptors (Lipinski definition) is 4. The highest BCUT2D eigenvalue weighted by atomic mass is 19.1. The number of halogens is 1. The zero-order valence-electron chi connectivity index (χ0n) is 17.3. The normalized spacial score (nSPS) is 14.7. The molecule has 156 valence electrons. The van der Waals surface area contributed by atoms with Gasteiger partial charge in [0.1, 0.15) is 0 Å². The second-order valence-corrected chi connectivity index (χ2v) is 7.48. The van der Waals surface area contributed by atoms with Crippen LogP contribution in [-0.4, -0.2) is 57.2 Å². The number of nitrogens with one attached hydrogen (secondary N) is 1. The molecule has 2 aromatic carbocycles. The average Bonchev–Trinajstić information content (AvgIpc) is 2.73. The van der Waals surface area contributed by atoms with E-state index in [1.54, 1.807) is 6.07 Å². The van der Waals surface area contributed by atoms with E-state index in [0.717, 1.165) is 45.6 Å². The first kappa shape index (κ1) is 21.1. The first-order valence-corrected chi connectivity index (χ1v) is 10.2. The number of methoxy groups -OCH3 is 1. The Kier molecular flexibility index (Phi) is 7.47. The van der Waals surface area contributed by atoms with Crippen molar-refractivity contribution in [2.75, 3.05) is 51.3 Å². The van der Waals surface area contributed by atoms with Gasteiger partial charge >= 0.3 is 0 Å². The SMILES string of the molecule is COc1ccc(C(=O)NCCCCN2CCN(c3cccc(C)c3)CC2)cc1F. The zero-order valence-corrected chi connectivity index (χ0v) is 17.3. The average molecular weight is 400 g/mol. The summed E-state index contributed by atoms with van der Waals surface area (Å²) in [6, 6.07) is 12.9. The van der Waals surface area contributed by atoms with Gasteiger partial charge in [-0.3, -0.25) is 9.69 Å². The highest BCUT2D eigenvalue weighted by molar-refractivity contribution is 5.94. The van der Waals surface area contributed by atoms with Crippen LogP contribution in [0, 0.1) is 12.7 Å². The van der Waals surface area contributed by atoms with Crippen LogP contribution in [0.3, 0.4) is 0 Å². The second kappa shape index (κ2) is 10.3. The predicted molar refractivity (Wildman–Crippen MR) is 114 cm³/mol. The summed E-state index contributed by atoms with van der Waals surface area (Å²) in [6.45, 7) is 7.97. The fraction of sp³-hybridized carbons (Fsp3) is 0.435. The molecule has 0 atom stereocenters. The Bertz CT molecular complexity index is 820. The highest BCUT2D eigenvalue weighted by Gasteiger charge is 2.17. The first-order chi connectivity index (χ1) is 14.1. The molecule has 0 saturated carbocycles. The Morgan fingerprint density at radius 1 is 1.10 bits per heavy atom. The van der Waals surface area contributed by atoms with Crippen molar-refractivity contribution in [2.45, 2.75) is 19.8 Å². The van der Waals surface area contributed by atoms with Crippen molar-refractivity contribution in [3.05, 3.63) is 59.4 Å². The van der Waals surface area contributed by atoms with E-state index < -0.39 is 5.82 Å². The number of rotatable bonds is 8. The van der Waals surface area contributed by atoms with E-state index >= 15 is 0 Å². The Morgan fingerprint density at radius 2 is 1.90 bits per heavy atom. The van der Waals surface area contributed by atoms with Crippen LogP contribution < -0.4 is 15.0 Å². The van der Waals surface area contributed by atoms with Crippen LogP contribution in [-0.2, 0) is 0 Å². The molecule has 0 aromatic heterocycles. The van der Waals surface area contributed by atoms with E-state index in [4.69, 9.17) is 4.74 Å². The summed E-state index contributed by atoms with van der Waals surface area (Å²) >= 11 is 0. The third kappa shape index (κ3) is 5.94. The molecular formula is C23H30FN3O2. The van der Waals surface area contributed by atoms with Crippen LogP contribution in [0.15, 0.2) is 42.5 Å². The summed E-state index contributed by atoms with van der Waals surface area (Å²) in [4.78, 5) is 17.0. The Morgan fingerprint density at radius 3 is 2.59 bits per heavy atom. The Labute approximate surface area is 172 Å². The molecule has 1 N–H and O–H groups in total. The molecule has 1 aliphatic heterocycles. The molecule has 1 saturated heterocycles.